The second-order valence-electron chi connectivity index (χ2n) is 5.18. The lowest BCUT2D eigenvalue weighted by molar-refractivity contribution is -0.128. The van der Waals surface area contributed by atoms with Gasteiger partial charge < -0.3 is 10.1 Å². The summed E-state index contributed by atoms with van der Waals surface area (Å²) < 4.78 is 5.04. The van der Waals surface area contributed by atoms with Crippen LogP contribution in [-0.4, -0.2) is 13.0 Å². The third-order valence-corrected chi connectivity index (χ3v) is 2.47. The molecule has 0 spiro atoms. The molecule has 0 fully saturated rings. The fraction of sp³-hybridized carbons (Fsp3) is 0.500. The Bertz CT molecular complexity index is 363. The normalized spacial score (nSPS) is 11.3. The first-order chi connectivity index (χ1) is 7.93. The van der Waals surface area contributed by atoms with Crippen LogP contribution >= 0.6 is 0 Å². The molecular formula is C14H21NO2. The standard InChI is InChI=1S/C14H21NO2/c1-14(2,3)13(16)15-9-11-5-7-12(8-6-11)10-17-4/h5-8H,9-10H2,1-4H3,(H,15,16). The lowest BCUT2D eigenvalue weighted by Crippen LogP contribution is -2.34. The summed E-state index contributed by atoms with van der Waals surface area (Å²) in [5.41, 5.74) is 1.90. The van der Waals surface area contributed by atoms with Crippen molar-refractivity contribution in [3.63, 3.8) is 0 Å². The van der Waals surface area contributed by atoms with Crippen molar-refractivity contribution in [2.24, 2.45) is 5.41 Å². The summed E-state index contributed by atoms with van der Waals surface area (Å²) in [7, 11) is 1.68. The van der Waals surface area contributed by atoms with Gasteiger partial charge >= 0.3 is 0 Å². The van der Waals surface area contributed by atoms with E-state index >= 15 is 0 Å². The Labute approximate surface area is 103 Å². The van der Waals surface area contributed by atoms with E-state index < -0.39 is 0 Å². The van der Waals surface area contributed by atoms with Crippen molar-refractivity contribution in [2.45, 2.75) is 33.9 Å². The molecule has 0 saturated carbocycles. The lowest BCUT2D eigenvalue weighted by atomic mass is 9.95. The van der Waals surface area contributed by atoms with Crippen LogP contribution in [0.5, 0.6) is 0 Å². The van der Waals surface area contributed by atoms with Gasteiger partial charge in [-0.05, 0) is 11.1 Å². The molecule has 1 aromatic rings. The fourth-order valence-electron chi connectivity index (χ4n) is 1.37. The summed E-state index contributed by atoms with van der Waals surface area (Å²) in [4.78, 5) is 11.7. The van der Waals surface area contributed by atoms with E-state index in [9.17, 15) is 4.79 Å². The predicted octanol–water partition coefficient (Wildman–Crippen LogP) is 2.50. The van der Waals surface area contributed by atoms with Crippen molar-refractivity contribution in [1.29, 1.82) is 0 Å². The van der Waals surface area contributed by atoms with Crippen LogP contribution in [0.4, 0.5) is 0 Å². The average molecular weight is 235 g/mol. The van der Waals surface area contributed by atoms with Crippen molar-refractivity contribution in [3.05, 3.63) is 35.4 Å². The van der Waals surface area contributed by atoms with E-state index in [2.05, 4.69) is 5.32 Å². The van der Waals surface area contributed by atoms with E-state index in [0.717, 1.165) is 11.1 Å². The monoisotopic (exact) mass is 235 g/mol. The van der Waals surface area contributed by atoms with Crippen LogP contribution in [-0.2, 0) is 22.7 Å². The molecule has 0 aliphatic rings. The number of ether oxygens (including phenoxy) is 1. The minimum absolute atomic E-state index is 0.0680. The quantitative estimate of drug-likeness (QED) is 0.870. The Kier molecular flexibility index (Phi) is 4.70. The molecule has 3 nitrogen and oxygen atoms in total. The number of rotatable bonds is 4. The molecule has 17 heavy (non-hydrogen) atoms. The molecule has 0 atom stereocenters. The summed E-state index contributed by atoms with van der Waals surface area (Å²) >= 11 is 0. The highest BCUT2D eigenvalue weighted by molar-refractivity contribution is 5.81. The molecule has 0 aromatic heterocycles. The van der Waals surface area contributed by atoms with Gasteiger partial charge in [0.2, 0.25) is 5.91 Å². The van der Waals surface area contributed by atoms with Gasteiger partial charge in [0.05, 0.1) is 6.61 Å². The Morgan fingerprint density at radius 2 is 1.71 bits per heavy atom. The lowest BCUT2D eigenvalue weighted by Gasteiger charge is -2.17. The van der Waals surface area contributed by atoms with Crippen molar-refractivity contribution in [2.75, 3.05) is 7.11 Å². The van der Waals surface area contributed by atoms with Gasteiger partial charge in [-0.1, -0.05) is 45.0 Å². The van der Waals surface area contributed by atoms with Gasteiger partial charge in [-0.3, -0.25) is 4.79 Å². The highest BCUT2D eigenvalue weighted by Gasteiger charge is 2.20. The van der Waals surface area contributed by atoms with Crippen LogP contribution in [0.3, 0.4) is 0 Å². The summed E-state index contributed by atoms with van der Waals surface area (Å²) in [6.07, 6.45) is 0. The van der Waals surface area contributed by atoms with Gasteiger partial charge in [0.25, 0.3) is 0 Å². The molecule has 1 amide bonds. The molecule has 0 aliphatic heterocycles. The molecular weight excluding hydrogens is 214 g/mol. The first-order valence-corrected chi connectivity index (χ1v) is 5.78. The number of benzene rings is 1. The average Bonchev–Trinajstić information content (AvgIpc) is 2.27. The largest absolute Gasteiger partial charge is 0.380 e. The Morgan fingerprint density at radius 3 is 2.18 bits per heavy atom. The van der Waals surface area contributed by atoms with Gasteiger partial charge in [-0.15, -0.1) is 0 Å². The fourth-order valence-corrected chi connectivity index (χ4v) is 1.37. The number of carbonyl (C=O) groups excluding carboxylic acids is 1. The van der Waals surface area contributed by atoms with E-state index in [4.69, 9.17) is 4.74 Å². The number of amides is 1. The number of nitrogens with one attached hydrogen (secondary N) is 1. The van der Waals surface area contributed by atoms with Gasteiger partial charge in [0.1, 0.15) is 0 Å². The molecule has 0 radical (unpaired) electrons. The third-order valence-electron chi connectivity index (χ3n) is 2.47. The van der Waals surface area contributed by atoms with Crippen molar-refractivity contribution < 1.29 is 9.53 Å². The Morgan fingerprint density at radius 1 is 1.18 bits per heavy atom. The van der Waals surface area contributed by atoms with Crippen molar-refractivity contribution in [3.8, 4) is 0 Å². The van der Waals surface area contributed by atoms with Crippen molar-refractivity contribution in [1.82, 2.24) is 5.32 Å². The molecule has 0 bridgehead atoms. The topological polar surface area (TPSA) is 38.3 Å². The minimum Gasteiger partial charge on any atom is -0.380 e. The summed E-state index contributed by atoms with van der Waals surface area (Å²) in [6, 6.07) is 8.05. The summed E-state index contributed by atoms with van der Waals surface area (Å²) in [6.45, 7) is 6.91. The zero-order valence-electron chi connectivity index (χ0n) is 11.0. The molecule has 1 N–H and O–H groups in total. The SMILES string of the molecule is COCc1ccc(CNC(=O)C(C)(C)C)cc1. The Balaban J connectivity index is 2.50. The summed E-state index contributed by atoms with van der Waals surface area (Å²) in [5.74, 6) is 0.0680. The van der Waals surface area contributed by atoms with Crippen LogP contribution in [0.1, 0.15) is 31.9 Å². The number of carbonyl (C=O) groups is 1. The van der Waals surface area contributed by atoms with Gasteiger partial charge in [0.15, 0.2) is 0 Å². The molecule has 0 unspecified atom stereocenters. The van der Waals surface area contributed by atoms with E-state index in [1.54, 1.807) is 7.11 Å². The molecule has 0 aliphatic carbocycles. The number of methoxy groups -OCH3 is 1. The molecule has 0 heterocycles. The van der Waals surface area contributed by atoms with Crippen LogP contribution in [0.25, 0.3) is 0 Å². The van der Waals surface area contributed by atoms with Gasteiger partial charge in [-0.2, -0.15) is 0 Å². The van der Waals surface area contributed by atoms with Crippen LogP contribution in [0, 0.1) is 5.41 Å². The van der Waals surface area contributed by atoms with Crippen molar-refractivity contribution >= 4 is 5.91 Å². The summed E-state index contributed by atoms with van der Waals surface area (Å²) in [5, 5.41) is 2.92. The first kappa shape index (κ1) is 13.7. The highest BCUT2D eigenvalue weighted by Crippen LogP contribution is 2.13. The zero-order valence-corrected chi connectivity index (χ0v) is 11.0. The predicted molar refractivity (Wildman–Crippen MR) is 68.5 cm³/mol. The maximum absolute atomic E-state index is 11.7. The maximum Gasteiger partial charge on any atom is 0.225 e. The van der Waals surface area contributed by atoms with E-state index in [-0.39, 0.29) is 11.3 Å². The van der Waals surface area contributed by atoms with Crippen LogP contribution < -0.4 is 5.32 Å². The maximum atomic E-state index is 11.7. The molecule has 1 rings (SSSR count). The molecule has 3 heteroatoms. The number of hydrogen-bond donors (Lipinski definition) is 1. The smallest absolute Gasteiger partial charge is 0.225 e. The molecule has 94 valence electrons. The molecule has 0 saturated heterocycles. The number of hydrogen-bond acceptors (Lipinski definition) is 2. The van der Waals surface area contributed by atoms with Crippen LogP contribution in [0.2, 0.25) is 0 Å². The van der Waals surface area contributed by atoms with Crippen LogP contribution in [0.15, 0.2) is 24.3 Å². The van der Waals surface area contributed by atoms with Gasteiger partial charge in [-0.25, -0.2) is 0 Å². The highest BCUT2D eigenvalue weighted by atomic mass is 16.5. The van der Waals surface area contributed by atoms with E-state index in [1.165, 1.54) is 0 Å². The minimum atomic E-state index is -0.337. The zero-order chi connectivity index (χ0) is 12.9. The Hall–Kier alpha value is -1.35. The van der Waals surface area contributed by atoms with Gasteiger partial charge in [0, 0.05) is 19.1 Å². The second kappa shape index (κ2) is 5.82. The third kappa shape index (κ3) is 4.57. The first-order valence-electron chi connectivity index (χ1n) is 5.78. The molecule has 1 aromatic carbocycles. The second-order valence-corrected chi connectivity index (χ2v) is 5.18. The van der Waals surface area contributed by atoms with E-state index in [1.807, 2.05) is 45.0 Å². The van der Waals surface area contributed by atoms with E-state index in [0.29, 0.717) is 13.2 Å².